The number of hydrogen-bond acceptors (Lipinski definition) is 1. The smallest absolute Gasteiger partial charge is 0.256 e. The Morgan fingerprint density at radius 2 is 1.38 bits per heavy atom. The summed E-state index contributed by atoms with van der Waals surface area (Å²) in [6, 6.07) is 27.7. The highest BCUT2D eigenvalue weighted by atomic mass is 16.1. The van der Waals surface area contributed by atoms with Crippen molar-refractivity contribution in [2.75, 3.05) is 5.32 Å². The lowest BCUT2D eigenvalue weighted by Crippen LogP contribution is -2.15. The summed E-state index contributed by atoms with van der Waals surface area (Å²) in [6.45, 7) is 4.26. The first-order chi connectivity index (χ1) is 12.6. The fraction of sp³-hybridized carbons (Fsp3) is 0.125. The number of anilines is 1. The van der Waals surface area contributed by atoms with Crippen molar-refractivity contribution in [1.82, 2.24) is 0 Å². The first-order valence-corrected chi connectivity index (χ1v) is 8.87. The Bertz CT molecular complexity index is 896. The molecular formula is C24H23NO. The summed E-state index contributed by atoms with van der Waals surface area (Å²) in [5.74, 6) is 0.234. The second-order valence-electron chi connectivity index (χ2n) is 6.53. The van der Waals surface area contributed by atoms with Gasteiger partial charge in [-0.3, -0.25) is 4.79 Å². The molecule has 0 heterocycles. The van der Waals surface area contributed by atoms with Crippen molar-refractivity contribution in [3.05, 3.63) is 102 Å². The maximum atomic E-state index is 13.1. The number of benzene rings is 3. The molecule has 2 heteroatoms. The fourth-order valence-electron chi connectivity index (χ4n) is 2.92. The van der Waals surface area contributed by atoms with Gasteiger partial charge in [0.05, 0.1) is 0 Å². The Hall–Kier alpha value is -3.13. The maximum absolute atomic E-state index is 13.1. The normalized spacial score (nSPS) is 11.4. The van der Waals surface area contributed by atoms with Crippen molar-refractivity contribution in [2.45, 2.75) is 19.8 Å². The third-order valence-electron chi connectivity index (χ3n) is 4.27. The van der Waals surface area contributed by atoms with Gasteiger partial charge in [-0.2, -0.15) is 0 Å². The first kappa shape index (κ1) is 17.7. The fourth-order valence-corrected chi connectivity index (χ4v) is 2.92. The number of amides is 1. The molecule has 0 radical (unpaired) electrons. The van der Waals surface area contributed by atoms with Crippen LogP contribution in [0.4, 0.5) is 5.69 Å². The summed E-state index contributed by atoms with van der Waals surface area (Å²) in [6.07, 6.45) is 1.93. The van der Waals surface area contributed by atoms with Crippen molar-refractivity contribution >= 4 is 23.2 Å². The van der Waals surface area contributed by atoms with Gasteiger partial charge in [-0.05, 0) is 34.8 Å². The summed E-state index contributed by atoms with van der Waals surface area (Å²) in [4.78, 5) is 13.1. The molecule has 130 valence electrons. The van der Waals surface area contributed by atoms with Gasteiger partial charge in [0.1, 0.15) is 0 Å². The molecule has 0 atom stereocenters. The highest BCUT2D eigenvalue weighted by Crippen LogP contribution is 2.26. The van der Waals surface area contributed by atoms with Crippen LogP contribution in [-0.4, -0.2) is 5.91 Å². The predicted molar refractivity (Wildman–Crippen MR) is 110 cm³/mol. The molecule has 3 aromatic rings. The predicted octanol–water partition coefficient (Wildman–Crippen LogP) is 5.99. The van der Waals surface area contributed by atoms with E-state index in [1.807, 2.05) is 84.9 Å². The van der Waals surface area contributed by atoms with Gasteiger partial charge in [-0.15, -0.1) is 0 Å². The van der Waals surface area contributed by atoms with E-state index < -0.39 is 0 Å². The van der Waals surface area contributed by atoms with E-state index in [4.69, 9.17) is 0 Å². The highest BCUT2D eigenvalue weighted by Gasteiger charge is 2.15. The van der Waals surface area contributed by atoms with Crippen LogP contribution in [0.1, 0.15) is 36.5 Å². The van der Waals surface area contributed by atoms with E-state index in [2.05, 4.69) is 25.2 Å². The number of nitrogens with one attached hydrogen (secondary N) is 1. The molecule has 0 aliphatic rings. The van der Waals surface area contributed by atoms with Crippen LogP contribution in [0.15, 0.2) is 84.9 Å². The van der Waals surface area contributed by atoms with Crippen LogP contribution in [0.3, 0.4) is 0 Å². The first-order valence-electron chi connectivity index (χ1n) is 8.87. The molecule has 26 heavy (non-hydrogen) atoms. The van der Waals surface area contributed by atoms with Crippen molar-refractivity contribution in [3.63, 3.8) is 0 Å². The molecule has 0 unspecified atom stereocenters. The van der Waals surface area contributed by atoms with Crippen LogP contribution in [0, 0.1) is 0 Å². The van der Waals surface area contributed by atoms with Crippen molar-refractivity contribution < 1.29 is 4.79 Å². The molecule has 1 amide bonds. The van der Waals surface area contributed by atoms with Crippen LogP contribution in [0.2, 0.25) is 0 Å². The molecule has 0 spiro atoms. The average molecular weight is 341 g/mol. The van der Waals surface area contributed by atoms with Gasteiger partial charge in [0.25, 0.3) is 5.91 Å². The Balaban J connectivity index is 1.98. The molecular weight excluding hydrogens is 318 g/mol. The van der Waals surface area contributed by atoms with Crippen molar-refractivity contribution in [2.24, 2.45) is 0 Å². The second-order valence-corrected chi connectivity index (χ2v) is 6.53. The number of carbonyl (C=O) groups excluding carboxylic acids is 1. The molecule has 3 aromatic carbocycles. The molecule has 3 rings (SSSR count). The zero-order chi connectivity index (χ0) is 18.4. The average Bonchev–Trinajstić information content (AvgIpc) is 2.68. The van der Waals surface area contributed by atoms with Crippen LogP contribution >= 0.6 is 0 Å². The standard InChI is InChI=1S/C24H23NO/c1-18(2)21-15-9-10-16-23(21)25-24(26)22(20-13-7-4-8-14-20)17-19-11-5-3-6-12-19/h3-18H,1-2H3,(H,25,26). The minimum absolute atomic E-state index is 0.104. The molecule has 0 saturated carbocycles. The van der Waals surface area contributed by atoms with Gasteiger partial charge in [-0.25, -0.2) is 0 Å². The summed E-state index contributed by atoms with van der Waals surface area (Å²) >= 11 is 0. The third kappa shape index (κ3) is 4.28. The van der Waals surface area contributed by atoms with Crippen LogP contribution < -0.4 is 5.32 Å². The Labute approximate surface area is 155 Å². The van der Waals surface area contributed by atoms with E-state index in [0.29, 0.717) is 11.5 Å². The molecule has 2 nitrogen and oxygen atoms in total. The van der Waals surface area contributed by atoms with E-state index in [-0.39, 0.29) is 5.91 Å². The van der Waals surface area contributed by atoms with Gasteiger partial charge >= 0.3 is 0 Å². The Morgan fingerprint density at radius 1 is 0.808 bits per heavy atom. The van der Waals surface area contributed by atoms with E-state index in [9.17, 15) is 4.79 Å². The summed E-state index contributed by atoms with van der Waals surface area (Å²) in [7, 11) is 0. The SMILES string of the molecule is CC(C)c1ccccc1NC(=O)C(=Cc1ccccc1)c1ccccc1. The molecule has 0 saturated heterocycles. The monoisotopic (exact) mass is 341 g/mol. The lowest BCUT2D eigenvalue weighted by atomic mass is 9.99. The van der Waals surface area contributed by atoms with E-state index in [0.717, 1.165) is 22.4 Å². The van der Waals surface area contributed by atoms with Crippen molar-refractivity contribution in [1.29, 1.82) is 0 Å². The van der Waals surface area contributed by atoms with Crippen LogP contribution in [0.5, 0.6) is 0 Å². The summed E-state index contributed by atoms with van der Waals surface area (Å²) in [5.41, 5.74) is 4.54. The third-order valence-corrected chi connectivity index (χ3v) is 4.27. The molecule has 0 fully saturated rings. The quantitative estimate of drug-likeness (QED) is 0.448. The minimum atomic E-state index is -0.104. The molecule has 0 bridgehead atoms. The Kier molecular flexibility index (Phi) is 5.65. The lowest BCUT2D eigenvalue weighted by molar-refractivity contribution is -0.111. The maximum Gasteiger partial charge on any atom is 0.256 e. The van der Waals surface area contributed by atoms with Gasteiger partial charge in [0.15, 0.2) is 0 Å². The molecule has 0 aromatic heterocycles. The zero-order valence-corrected chi connectivity index (χ0v) is 15.1. The van der Waals surface area contributed by atoms with E-state index >= 15 is 0 Å². The number of hydrogen-bond donors (Lipinski definition) is 1. The van der Waals surface area contributed by atoms with E-state index in [1.165, 1.54) is 0 Å². The van der Waals surface area contributed by atoms with Gasteiger partial charge in [-0.1, -0.05) is 92.7 Å². The minimum Gasteiger partial charge on any atom is -0.322 e. The topological polar surface area (TPSA) is 29.1 Å². The summed E-state index contributed by atoms with van der Waals surface area (Å²) < 4.78 is 0. The largest absolute Gasteiger partial charge is 0.322 e. The lowest BCUT2D eigenvalue weighted by Gasteiger charge is -2.15. The number of carbonyl (C=O) groups is 1. The summed E-state index contributed by atoms with van der Waals surface area (Å²) in [5, 5.41) is 3.10. The van der Waals surface area contributed by atoms with Crippen LogP contribution in [-0.2, 0) is 4.79 Å². The van der Waals surface area contributed by atoms with E-state index in [1.54, 1.807) is 0 Å². The second kappa shape index (κ2) is 8.30. The van der Waals surface area contributed by atoms with Crippen molar-refractivity contribution in [3.8, 4) is 0 Å². The van der Waals surface area contributed by atoms with Gasteiger partial charge < -0.3 is 5.32 Å². The highest BCUT2D eigenvalue weighted by molar-refractivity contribution is 6.29. The molecule has 0 aliphatic heterocycles. The van der Waals surface area contributed by atoms with Gasteiger partial charge in [0, 0.05) is 11.3 Å². The Morgan fingerprint density at radius 3 is 2.04 bits per heavy atom. The molecule has 1 N–H and O–H groups in total. The van der Waals surface area contributed by atoms with Crippen LogP contribution in [0.25, 0.3) is 11.6 Å². The van der Waals surface area contributed by atoms with Gasteiger partial charge in [0.2, 0.25) is 0 Å². The number of para-hydroxylation sites is 1. The number of rotatable bonds is 5. The molecule has 0 aliphatic carbocycles. The zero-order valence-electron chi connectivity index (χ0n) is 15.1.